The van der Waals surface area contributed by atoms with Crippen molar-refractivity contribution in [3.05, 3.63) is 24.3 Å². The van der Waals surface area contributed by atoms with Crippen molar-refractivity contribution in [2.24, 2.45) is 0 Å². The summed E-state index contributed by atoms with van der Waals surface area (Å²) in [4.78, 5) is 11.3. The van der Waals surface area contributed by atoms with Crippen molar-refractivity contribution in [1.82, 2.24) is 0 Å². The van der Waals surface area contributed by atoms with Gasteiger partial charge in [0.25, 0.3) is 0 Å². The quantitative estimate of drug-likeness (QED) is 0.626. The Morgan fingerprint density at radius 2 is 1.80 bits per heavy atom. The van der Waals surface area contributed by atoms with Gasteiger partial charge in [-0.1, -0.05) is 10.8 Å². The lowest BCUT2D eigenvalue weighted by Gasteiger charge is -2.07. The standard InChI is InChI=1S/C8H6F3NOS2/c9-8(10,11)7(13)12-5-1-3-6(15-14)4-2-5/h1-4,14H,(H,12,13). The fourth-order valence-electron chi connectivity index (χ4n) is 0.801. The molecule has 1 rings (SSSR count). The summed E-state index contributed by atoms with van der Waals surface area (Å²) in [6, 6.07) is 5.87. The molecule has 0 aliphatic heterocycles. The number of rotatable bonds is 2. The van der Waals surface area contributed by atoms with Gasteiger partial charge in [0.2, 0.25) is 0 Å². The van der Waals surface area contributed by atoms with Crippen LogP contribution in [-0.2, 0) is 4.79 Å². The first-order valence-corrected chi connectivity index (χ1v) is 5.60. The van der Waals surface area contributed by atoms with Crippen molar-refractivity contribution in [2.75, 3.05) is 5.32 Å². The van der Waals surface area contributed by atoms with E-state index >= 15 is 0 Å². The highest BCUT2D eigenvalue weighted by Gasteiger charge is 2.38. The Morgan fingerprint density at radius 3 is 2.20 bits per heavy atom. The maximum absolute atomic E-state index is 11.9. The lowest BCUT2D eigenvalue weighted by molar-refractivity contribution is -0.167. The van der Waals surface area contributed by atoms with Crippen LogP contribution in [0.15, 0.2) is 29.2 Å². The third-order valence-electron chi connectivity index (χ3n) is 1.48. The predicted molar refractivity (Wildman–Crippen MR) is 56.0 cm³/mol. The lowest BCUT2D eigenvalue weighted by atomic mass is 10.3. The van der Waals surface area contributed by atoms with Crippen LogP contribution in [0.2, 0.25) is 0 Å². The number of hydrogen-bond donors (Lipinski definition) is 2. The van der Waals surface area contributed by atoms with Crippen molar-refractivity contribution in [1.29, 1.82) is 0 Å². The number of carbonyl (C=O) groups is 1. The highest BCUT2D eigenvalue weighted by molar-refractivity contribution is 8.68. The third-order valence-corrected chi connectivity index (χ3v) is 2.59. The number of thiol groups is 1. The van der Waals surface area contributed by atoms with Crippen LogP contribution in [0.1, 0.15) is 0 Å². The van der Waals surface area contributed by atoms with Crippen LogP contribution in [0.5, 0.6) is 0 Å². The number of halogens is 3. The summed E-state index contributed by atoms with van der Waals surface area (Å²) in [5, 5.41) is 1.74. The van der Waals surface area contributed by atoms with Crippen LogP contribution in [0, 0.1) is 0 Å². The van der Waals surface area contributed by atoms with Gasteiger partial charge in [-0.2, -0.15) is 13.2 Å². The number of alkyl halides is 3. The number of anilines is 1. The number of hydrogen-bond acceptors (Lipinski definition) is 3. The first-order chi connectivity index (χ1) is 6.93. The van der Waals surface area contributed by atoms with Crippen molar-refractivity contribution >= 4 is 34.0 Å². The molecule has 15 heavy (non-hydrogen) atoms. The summed E-state index contributed by atoms with van der Waals surface area (Å²) in [7, 11) is 1.16. The average Bonchev–Trinajstić information content (AvgIpc) is 2.17. The number of amides is 1. The van der Waals surface area contributed by atoms with E-state index < -0.39 is 12.1 Å². The van der Waals surface area contributed by atoms with Crippen LogP contribution >= 0.6 is 22.5 Å². The highest BCUT2D eigenvalue weighted by atomic mass is 33.1. The highest BCUT2D eigenvalue weighted by Crippen LogP contribution is 2.24. The Labute approximate surface area is 93.0 Å². The van der Waals surface area contributed by atoms with Gasteiger partial charge in [0, 0.05) is 10.6 Å². The van der Waals surface area contributed by atoms with Gasteiger partial charge in [-0.15, -0.1) is 11.7 Å². The fourth-order valence-corrected chi connectivity index (χ4v) is 1.42. The molecule has 0 unspecified atom stereocenters. The van der Waals surface area contributed by atoms with Gasteiger partial charge in [-0.05, 0) is 24.3 Å². The van der Waals surface area contributed by atoms with E-state index in [-0.39, 0.29) is 5.69 Å². The van der Waals surface area contributed by atoms with Gasteiger partial charge in [-0.25, -0.2) is 0 Å². The van der Waals surface area contributed by atoms with E-state index in [0.717, 1.165) is 15.7 Å². The molecule has 1 aromatic carbocycles. The van der Waals surface area contributed by atoms with Crippen molar-refractivity contribution in [3.63, 3.8) is 0 Å². The monoisotopic (exact) mass is 253 g/mol. The molecule has 82 valence electrons. The molecular formula is C8H6F3NOS2. The molecule has 0 aliphatic carbocycles. The molecule has 1 aromatic rings. The molecule has 0 radical (unpaired) electrons. The molecule has 0 atom stereocenters. The molecule has 1 N–H and O–H groups in total. The maximum atomic E-state index is 11.9. The second-order valence-corrected chi connectivity index (χ2v) is 3.77. The molecule has 0 saturated carbocycles. The zero-order chi connectivity index (χ0) is 11.5. The van der Waals surface area contributed by atoms with E-state index in [9.17, 15) is 18.0 Å². The van der Waals surface area contributed by atoms with Crippen LogP contribution in [0.25, 0.3) is 0 Å². The minimum Gasteiger partial charge on any atom is -0.318 e. The van der Waals surface area contributed by atoms with Crippen molar-refractivity contribution < 1.29 is 18.0 Å². The Kier molecular flexibility index (Phi) is 3.92. The first kappa shape index (κ1) is 12.3. The topological polar surface area (TPSA) is 29.1 Å². The number of nitrogens with one attached hydrogen (secondary N) is 1. The SMILES string of the molecule is O=C(Nc1ccc(SS)cc1)C(F)(F)F. The van der Waals surface area contributed by atoms with E-state index in [1.54, 1.807) is 17.4 Å². The minimum atomic E-state index is -4.86. The number of carbonyl (C=O) groups excluding carboxylic acids is 1. The summed E-state index contributed by atoms with van der Waals surface area (Å²) in [5.74, 6) is -1.98. The molecule has 0 saturated heterocycles. The van der Waals surface area contributed by atoms with E-state index in [1.165, 1.54) is 12.1 Å². The van der Waals surface area contributed by atoms with E-state index in [1.807, 2.05) is 0 Å². The molecule has 0 bridgehead atoms. The Hall–Kier alpha value is -0.820. The molecule has 7 heteroatoms. The zero-order valence-electron chi connectivity index (χ0n) is 7.21. The van der Waals surface area contributed by atoms with Gasteiger partial charge in [0.1, 0.15) is 0 Å². The second-order valence-electron chi connectivity index (χ2n) is 2.57. The minimum absolute atomic E-state index is 0.100. The van der Waals surface area contributed by atoms with E-state index in [2.05, 4.69) is 11.7 Å². The van der Waals surface area contributed by atoms with Gasteiger partial charge < -0.3 is 5.32 Å². The smallest absolute Gasteiger partial charge is 0.318 e. The Bertz CT molecular complexity index is 350. The van der Waals surface area contributed by atoms with Crippen molar-refractivity contribution in [2.45, 2.75) is 11.1 Å². The van der Waals surface area contributed by atoms with Gasteiger partial charge in [0.15, 0.2) is 0 Å². The van der Waals surface area contributed by atoms with Gasteiger partial charge in [0.05, 0.1) is 0 Å². The lowest BCUT2D eigenvalue weighted by Crippen LogP contribution is -2.29. The molecule has 1 amide bonds. The summed E-state index contributed by atoms with van der Waals surface area (Å²) in [5.41, 5.74) is 0.100. The zero-order valence-corrected chi connectivity index (χ0v) is 8.92. The van der Waals surface area contributed by atoms with Gasteiger partial charge >= 0.3 is 12.1 Å². The molecule has 0 aromatic heterocycles. The maximum Gasteiger partial charge on any atom is 0.471 e. The predicted octanol–water partition coefficient (Wildman–Crippen LogP) is 3.12. The summed E-state index contributed by atoms with van der Waals surface area (Å²) < 4.78 is 35.6. The molecule has 0 heterocycles. The van der Waals surface area contributed by atoms with Crippen molar-refractivity contribution in [3.8, 4) is 0 Å². The molecule has 0 fully saturated rings. The fraction of sp³-hybridized carbons (Fsp3) is 0.125. The molecule has 0 aliphatic rings. The molecule has 2 nitrogen and oxygen atoms in total. The van der Waals surface area contributed by atoms with Crippen LogP contribution in [0.3, 0.4) is 0 Å². The number of benzene rings is 1. The Morgan fingerprint density at radius 1 is 1.27 bits per heavy atom. The Balaban J connectivity index is 2.70. The molecular weight excluding hydrogens is 247 g/mol. The van der Waals surface area contributed by atoms with Crippen LogP contribution in [0.4, 0.5) is 18.9 Å². The first-order valence-electron chi connectivity index (χ1n) is 3.73. The average molecular weight is 253 g/mol. The second kappa shape index (κ2) is 4.80. The third kappa shape index (κ3) is 3.67. The van der Waals surface area contributed by atoms with Gasteiger partial charge in [-0.3, -0.25) is 4.79 Å². The largest absolute Gasteiger partial charge is 0.471 e. The molecule has 0 spiro atoms. The van der Waals surface area contributed by atoms with Crippen LogP contribution < -0.4 is 5.32 Å². The normalized spacial score (nSPS) is 11.2. The van der Waals surface area contributed by atoms with E-state index in [0.29, 0.717) is 0 Å². The summed E-state index contributed by atoms with van der Waals surface area (Å²) >= 11 is 3.91. The summed E-state index contributed by atoms with van der Waals surface area (Å²) in [6.07, 6.45) is -4.86. The van der Waals surface area contributed by atoms with E-state index in [4.69, 9.17) is 0 Å². The summed E-state index contributed by atoms with van der Waals surface area (Å²) in [6.45, 7) is 0. The van der Waals surface area contributed by atoms with Crippen LogP contribution in [-0.4, -0.2) is 12.1 Å².